The highest BCUT2D eigenvalue weighted by atomic mass is 15.1. The van der Waals surface area contributed by atoms with Crippen molar-refractivity contribution in [2.75, 3.05) is 0 Å². The van der Waals surface area contributed by atoms with E-state index < -0.39 is 0 Å². The van der Waals surface area contributed by atoms with Crippen LogP contribution in [0.2, 0.25) is 0 Å². The van der Waals surface area contributed by atoms with E-state index in [0.717, 1.165) is 17.8 Å². The maximum atomic E-state index is 4.19. The molecule has 1 heterocycles. The molecule has 0 amide bonds. The molecule has 2 heteroatoms. The minimum absolute atomic E-state index is 0.469. The fourth-order valence-corrected chi connectivity index (χ4v) is 2.59. The Hall–Kier alpha value is -1.96. The maximum Gasteiger partial charge on any atom is 0.0688 e. The van der Waals surface area contributed by atoms with Gasteiger partial charge in [0.15, 0.2) is 0 Å². The minimum Gasteiger partial charge on any atom is -0.155 e. The van der Waals surface area contributed by atoms with Gasteiger partial charge in [0.1, 0.15) is 0 Å². The van der Waals surface area contributed by atoms with Gasteiger partial charge in [0.05, 0.1) is 11.4 Å². The smallest absolute Gasteiger partial charge is 0.0688 e. The molecule has 0 aliphatic rings. The van der Waals surface area contributed by atoms with E-state index in [1.807, 2.05) is 6.92 Å². The summed E-state index contributed by atoms with van der Waals surface area (Å²) in [6, 6.07) is 8.66. The molecule has 0 bridgehead atoms. The number of nitrogens with zero attached hydrogens (tertiary/aromatic N) is 2. The first-order valence-electron chi connectivity index (χ1n) is 10.6. The van der Waals surface area contributed by atoms with Crippen molar-refractivity contribution in [1.29, 1.82) is 0 Å². The molecule has 0 saturated carbocycles. The molecule has 2 nitrogen and oxygen atoms in total. The highest BCUT2D eigenvalue weighted by molar-refractivity contribution is 5.31. The molecular formula is C26H42N2. The Labute approximate surface area is 174 Å². The first kappa shape index (κ1) is 26.0. The summed E-state index contributed by atoms with van der Waals surface area (Å²) in [6.45, 7) is 22.9. The van der Waals surface area contributed by atoms with E-state index in [4.69, 9.17) is 0 Å². The Morgan fingerprint density at radius 1 is 0.929 bits per heavy atom. The fourth-order valence-electron chi connectivity index (χ4n) is 2.59. The SMILES string of the molecule is C=C(C)CCCC.CCc1ccc(C)cc1.Cc1nnc(C(C)C)c(C)c1C. The molecule has 2 aromatic rings. The van der Waals surface area contributed by atoms with Crippen molar-refractivity contribution in [2.24, 2.45) is 0 Å². The van der Waals surface area contributed by atoms with Crippen molar-refractivity contribution < 1.29 is 0 Å². The zero-order valence-corrected chi connectivity index (χ0v) is 19.8. The zero-order chi connectivity index (χ0) is 21.7. The molecule has 0 unspecified atom stereocenters. The molecule has 0 N–H and O–H groups in total. The van der Waals surface area contributed by atoms with Gasteiger partial charge in [0, 0.05) is 0 Å². The van der Waals surface area contributed by atoms with Gasteiger partial charge in [-0.1, -0.05) is 69.5 Å². The second kappa shape index (κ2) is 14.1. The van der Waals surface area contributed by atoms with E-state index >= 15 is 0 Å². The highest BCUT2D eigenvalue weighted by Crippen LogP contribution is 2.19. The largest absolute Gasteiger partial charge is 0.155 e. The van der Waals surface area contributed by atoms with Gasteiger partial charge in [-0.3, -0.25) is 0 Å². The molecular weight excluding hydrogens is 340 g/mol. The summed E-state index contributed by atoms with van der Waals surface area (Å²) < 4.78 is 0. The van der Waals surface area contributed by atoms with Crippen molar-refractivity contribution >= 4 is 0 Å². The Morgan fingerprint density at radius 2 is 1.50 bits per heavy atom. The van der Waals surface area contributed by atoms with E-state index in [1.165, 1.54) is 47.1 Å². The lowest BCUT2D eigenvalue weighted by Crippen LogP contribution is -2.03. The van der Waals surface area contributed by atoms with E-state index in [-0.39, 0.29) is 0 Å². The predicted molar refractivity (Wildman–Crippen MR) is 125 cm³/mol. The number of aromatic nitrogens is 2. The standard InChI is InChI=1S/C10H16N2.C9H12.C7H14/c1-6(2)10-8(4)7(3)9(5)11-12-10;1-3-9-6-4-8(2)5-7-9;1-4-5-6-7(2)3/h6H,1-5H3;4-7H,3H2,1-2H3;2,4-6H2,1,3H3. The molecule has 0 atom stereocenters. The summed E-state index contributed by atoms with van der Waals surface area (Å²) >= 11 is 0. The summed E-state index contributed by atoms with van der Waals surface area (Å²) in [5.74, 6) is 0.469. The second-order valence-corrected chi connectivity index (χ2v) is 7.98. The Morgan fingerprint density at radius 3 is 1.89 bits per heavy atom. The number of allylic oxidation sites excluding steroid dienone is 1. The van der Waals surface area contributed by atoms with Crippen LogP contribution in [0.3, 0.4) is 0 Å². The number of benzene rings is 1. The van der Waals surface area contributed by atoms with Gasteiger partial charge in [-0.25, -0.2) is 0 Å². The van der Waals surface area contributed by atoms with Gasteiger partial charge in [-0.05, 0) is 76.5 Å². The van der Waals surface area contributed by atoms with E-state index in [9.17, 15) is 0 Å². The molecule has 1 aromatic carbocycles. The lowest BCUT2D eigenvalue weighted by atomic mass is 10.0. The van der Waals surface area contributed by atoms with Crippen molar-refractivity contribution in [2.45, 2.75) is 93.9 Å². The second-order valence-electron chi connectivity index (χ2n) is 7.98. The first-order valence-corrected chi connectivity index (χ1v) is 10.6. The van der Waals surface area contributed by atoms with Crippen LogP contribution in [0, 0.1) is 27.7 Å². The molecule has 28 heavy (non-hydrogen) atoms. The average Bonchev–Trinajstić information content (AvgIpc) is 2.66. The van der Waals surface area contributed by atoms with Crippen LogP contribution >= 0.6 is 0 Å². The average molecular weight is 383 g/mol. The van der Waals surface area contributed by atoms with Gasteiger partial charge in [-0.15, -0.1) is 6.58 Å². The van der Waals surface area contributed by atoms with Crippen LogP contribution in [0.4, 0.5) is 0 Å². The first-order chi connectivity index (χ1) is 13.1. The lowest BCUT2D eigenvalue weighted by molar-refractivity contribution is 0.759. The Kier molecular flexibility index (Phi) is 13.1. The maximum absolute atomic E-state index is 4.19. The predicted octanol–water partition coefficient (Wildman–Crippen LogP) is 7.84. The van der Waals surface area contributed by atoms with Gasteiger partial charge in [0.25, 0.3) is 0 Å². The summed E-state index contributed by atoms with van der Waals surface area (Å²) in [7, 11) is 0. The van der Waals surface area contributed by atoms with E-state index in [1.54, 1.807) is 0 Å². The third-order valence-corrected chi connectivity index (χ3v) is 4.83. The number of aryl methyl sites for hydroxylation is 3. The molecule has 0 saturated heterocycles. The molecule has 0 spiro atoms. The zero-order valence-electron chi connectivity index (χ0n) is 19.8. The Bertz CT molecular complexity index is 697. The van der Waals surface area contributed by atoms with Crippen LogP contribution < -0.4 is 0 Å². The molecule has 0 aliphatic heterocycles. The van der Waals surface area contributed by atoms with E-state index in [0.29, 0.717) is 5.92 Å². The lowest BCUT2D eigenvalue weighted by Gasteiger charge is -2.10. The third-order valence-electron chi connectivity index (χ3n) is 4.83. The van der Waals surface area contributed by atoms with Gasteiger partial charge < -0.3 is 0 Å². The summed E-state index contributed by atoms with van der Waals surface area (Å²) in [6.07, 6.45) is 4.93. The van der Waals surface area contributed by atoms with E-state index in [2.05, 4.69) is 96.4 Å². The third kappa shape index (κ3) is 10.4. The van der Waals surface area contributed by atoms with Crippen molar-refractivity contribution in [3.63, 3.8) is 0 Å². The van der Waals surface area contributed by atoms with Gasteiger partial charge >= 0.3 is 0 Å². The topological polar surface area (TPSA) is 25.8 Å². The number of hydrogen-bond acceptors (Lipinski definition) is 2. The minimum atomic E-state index is 0.469. The summed E-state index contributed by atoms with van der Waals surface area (Å²) in [5, 5.41) is 8.30. The van der Waals surface area contributed by atoms with Crippen molar-refractivity contribution in [3.05, 3.63) is 70.1 Å². The van der Waals surface area contributed by atoms with Crippen LogP contribution in [0.25, 0.3) is 0 Å². The number of unbranched alkanes of at least 4 members (excludes halogenated alkanes) is 1. The van der Waals surface area contributed by atoms with Crippen LogP contribution in [-0.4, -0.2) is 10.2 Å². The number of hydrogen-bond donors (Lipinski definition) is 0. The number of rotatable bonds is 5. The molecule has 0 aliphatic carbocycles. The molecule has 1 aromatic heterocycles. The van der Waals surface area contributed by atoms with Crippen LogP contribution in [0.5, 0.6) is 0 Å². The van der Waals surface area contributed by atoms with Crippen molar-refractivity contribution in [3.8, 4) is 0 Å². The van der Waals surface area contributed by atoms with Gasteiger partial charge in [-0.2, -0.15) is 10.2 Å². The summed E-state index contributed by atoms with van der Waals surface area (Å²) in [5.41, 5.74) is 8.79. The van der Waals surface area contributed by atoms with Crippen LogP contribution in [0.1, 0.15) is 93.4 Å². The highest BCUT2D eigenvalue weighted by Gasteiger charge is 2.09. The van der Waals surface area contributed by atoms with Crippen LogP contribution in [0.15, 0.2) is 36.4 Å². The molecule has 0 fully saturated rings. The monoisotopic (exact) mass is 382 g/mol. The fraction of sp³-hybridized carbons (Fsp3) is 0.538. The van der Waals surface area contributed by atoms with Gasteiger partial charge in [0.2, 0.25) is 0 Å². The normalized spacial score (nSPS) is 9.93. The van der Waals surface area contributed by atoms with Crippen LogP contribution in [-0.2, 0) is 6.42 Å². The quantitative estimate of drug-likeness (QED) is 0.492. The summed E-state index contributed by atoms with van der Waals surface area (Å²) in [4.78, 5) is 0. The molecule has 2 rings (SSSR count). The Balaban J connectivity index is 0.000000408. The molecule has 0 radical (unpaired) electrons. The van der Waals surface area contributed by atoms with Crippen molar-refractivity contribution in [1.82, 2.24) is 10.2 Å². The molecule has 156 valence electrons.